The van der Waals surface area contributed by atoms with Gasteiger partial charge in [-0.1, -0.05) is 23.7 Å². The van der Waals surface area contributed by atoms with Crippen LogP contribution in [0.3, 0.4) is 0 Å². The highest BCUT2D eigenvalue weighted by molar-refractivity contribution is 6.30. The van der Waals surface area contributed by atoms with Crippen LogP contribution >= 0.6 is 11.6 Å². The van der Waals surface area contributed by atoms with Crippen molar-refractivity contribution in [1.82, 2.24) is 0 Å². The Bertz CT molecular complexity index is 266. The number of hydrogen-bond donors (Lipinski definition) is 0. The SMILES string of the molecule is Clc1cccc([C@@H]2CCCO2)c1. The lowest BCUT2D eigenvalue weighted by Crippen LogP contribution is -1.94. The third-order valence-corrected chi connectivity index (χ3v) is 2.39. The van der Waals surface area contributed by atoms with E-state index in [2.05, 4.69) is 6.07 Å². The zero-order valence-corrected chi connectivity index (χ0v) is 7.55. The van der Waals surface area contributed by atoms with Gasteiger partial charge >= 0.3 is 0 Å². The van der Waals surface area contributed by atoms with E-state index in [9.17, 15) is 0 Å². The van der Waals surface area contributed by atoms with Crippen molar-refractivity contribution in [2.45, 2.75) is 18.9 Å². The summed E-state index contributed by atoms with van der Waals surface area (Å²) < 4.78 is 5.54. The Morgan fingerprint density at radius 2 is 2.33 bits per heavy atom. The van der Waals surface area contributed by atoms with Gasteiger partial charge in [0.25, 0.3) is 0 Å². The molecule has 0 aromatic heterocycles. The van der Waals surface area contributed by atoms with Crippen molar-refractivity contribution >= 4 is 11.6 Å². The average Bonchev–Trinajstić information content (AvgIpc) is 2.56. The standard InChI is InChI=1S/C10H11ClO/c11-9-4-1-3-8(7-9)10-5-2-6-12-10/h1,3-4,7,10H,2,5-6H2/t10-/m0/s1. The van der Waals surface area contributed by atoms with Gasteiger partial charge in [-0.2, -0.15) is 0 Å². The van der Waals surface area contributed by atoms with E-state index in [1.165, 1.54) is 5.56 Å². The molecule has 0 saturated carbocycles. The Balaban J connectivity index is 2.21. The van der Waals surface area contributed by atoms with Gasteiger partial charge in [-0.05, 0) is 30.5 Å². The van der Waals surface area contributed by atoms with Crippen molar-refractivity contribution in [3.63, 3.8) is 0 Å². The van der Waals surface area contributed by atoms with Crippen LogP contribution in [0.15, 0.2) is 24.3 Å². The van der Waals surface area contributed by atoms with Gasteiger partial charge in [0.05, 0.1) is 6.10 Å². The lowest BCUT2D eigenvalue weighted by Gasteiger charge is -2.08. The highest BCUT2D eigenvalue weighted by Gasteiger charge is 2.17. The molecule has 0 unspecified atom stereocenters. The molecule has 1 aromatic rings. The van der Waals surface area contributed by atoms with Crippen LogP contribution in [-0.2, 0) is 4.74 Å². The molecule has 0 bridgehead atoms. The topological polar surface area (TPSA) is 9.23 Å². The summed E-state index contributed by atoms with van der Waals surface area (Å²) in [4.78, 5) is 0. The van der Waals surface area contributed by atoms with E-state index in [1.54, 1.807) is 0 Å². The predicted octanol–water partition coefficient (Wildman–Crippen LogP) is 3.19. The van der Waals surface area contributed by atoms with E-state index in [0.717, 1.165) is 24.5 Å². The van der Waals surface area contributed by atoms with Crippen LogP contribution in [0.1, 0.15) is 24.5 Å². The summed E-state index contributed by atoms with van der Waals surface area (Å²) in [7, 11) is 0. The van der Waals surface area contributed by atoms with Crippen molar-refractivity contribution in [2.24, 2.45) is 0 Å². The van der Waals surface area contributed by atoms with Crippen LogP contribution in [0.25, 0.3) is 0 Å². The third kappa shape index (κ3) is 1.62. The van der Waals surface area contributed by atoms with E-state index in [4.69, 9.17) is 16.3 Å². The summed E-state index contributed by atoms with van der Waals surface area (Å²) in [5.41, 5.74) is 1.21. The quantitative estimate of drug-likeness (QED) is 0.648. The molecule has 0 spiro atoms. The third-order valence-electron chi connectivity index (χ3n) is 2.15. The van der Waals surface area contributed by atoms with Gasteiger partial charge in [0.15, 0.2) is 0 Å². The summed E-state index contributed by atoms with van der Waals surface area (Å²) in [6.45, 7) is 0.886. The Morgan fingerprint density at radius 3 is 3.00 bits per heavy atom. The first kappa shape index (κ1) is 8.09. The normalized spacial score (nSPS) is 22.9. The maximum absolute atomic E-state index is 5.87. The molecule has 1 aliphatic rings. The minimum atomic E-state index is 0.281. The Labute approximate surface area is 77.3 Å². The molecule has 1 fully saturated rings. The second-order valence-corrected chi connectivity index (χ2v) is 3.49. The number of rotatable bonds is 1. The van der Waals surface area contributed by atoms with Gasteiger partial charge in [0.1, 0.15) is 0 Å². The molecule has 0 radical (unpaired) electrons. The van der Waals surface area contributed by atoms with Gasteiger partial charge in [0.2, 0.25) is 0 Å². The van der Waals surface area contributed by atoms with Gasteiger partial charge in [0, 0.05) is 11.6 Å². The summed E-state index contributed by atoms with van der Waals surface area (Å²) in [6, 6.07) is 7.92. The Hall–Kier alpha value is -0.530. The summed E-state index contributed by atoms with van der Waals surface area (Å²) in [5.74, 6) is 0. The van der Waals surface area contributed by atoms with Crippen LogP contribution in [0.2, 0.25) is 5.02 Å². The molecular weight excluding hydrogens is 172 g/mol. The van der Waals surface area contributed by atoms with Gasteiger partial charge < -0.3 is 4.74 Å². The van der Waals surface area contributed by atoms with Crippen molar-refractivity contribution in [3.8, 4) is 0 Å². The number of benzene rings is 1. The minimum absolute atomic E-state index is 0.281. The van der Waals surface area contributed by atoms with Crippen LogP contribution in [0.5, 0.6) is 0 Å². The molecule has 12 heavy (non-hydrogen) atoms. The fourth-order valence-electron chi connectivity index (χ4n) is 1.55. The smallest absolute Gasteiger partial charge is 0.0826 e. The first-order valence-corrected chi connectivity index (χ1v) is 4.61. The predicted molar refractivity (Wildman–Crippen MR) is 49.4 cm³/mol. The zero-order chi connectivity index (χ0) is 8.39. The fraction of sp³-hybridized carbons (Fsp3) is 0.400. The highest BCUT2D eigenvalue weighted by Crippen LogP contribution is 2.29. The van der Waals surface area contributed by atoms with Crippen molar-refractivity contribution in [3.05, 3.63) is 34.9 Å². The maximum Gasteiger partial charge on any atom is 0.0826 e. The number of ether oxygens (including phenoxy) is 1. The summed E-state index contributed by atoms with van der Waals surface area (Å²) >= 11 is 5.87. The molecular formula is C10H11ClO. The highest BCUT2D eigenvalue weighted by atomic mass is 35.5. The van der Waals surface area contributed by atoms with Crippen molar-refractivity contribution in [1.29, 1.82) is 0 Å². The molecule has 0 N–H and O–H groups in total. The monoisotopic (exact) mass is 182 g/mol. The van der Waals surface area contributed by atoms with Crippen LogP contribution < -0.4 is 0 Å². The van der Waals surface area contributed by atoms with Crippen LogP contribution in [-0.4, -0.2) is 6.61 Å². The van der Waals surface area contributed by atoms with E-state index in [1.807, 2.05) is 18.2 Å². The summed E-state index contributed by atoms with van der Waals surface area (Å²) in [6.07, 6.45) is 2.57. The largest absolute Gasteiger partial charge is 0.374 e. The second kappa shape index (κ2) is 3.46. The molecule has 0 amide bonds. The van der Waals surface area contributed by atoms with Gasteiger partial charge in [-0.25, -0.2) is 0 Å². The molecule has 2 heteroatoms. The first-order valence-electron chi connectivity index (χ1n) is 4.23. The average molecular weight is 183 g/mol. The fourth-order valence-corrected chi connectivity index (χ4v) is 1.75. The molecule has 64 valence electrons. The lowest BCUT2D eigenvalue weighted by molar-refractivity contribution is 0.112. The lowest BCUT2D eigenvalue weighted by atomic mass is 10.1. The van der Waals surface area contributed by atoms with Gasteiger partial charge in [-0.3, -0.25) is 0 Å². The van der Waals surface area contributed by atoms with E-state index in [-0.39, 0.29) is 6.10 Å². The second-order valence-electron chi connectivity index (χ2n) is 3.06. The Kier molecular flexibility index (Phi) is 2.33. The Morgan fingerprint density at radius 1 is 1.42 bits per heavy atom. The zero-order valence-electron chi connectivity index (χ0n) is 6.79. The van der Waals surface area contributed by atoms with Crippen LogP contribution in [0, 0.1) is 0 Å². The molecule has 1 saturated heterocycles. The molecule has 0 aliphatic carbocycles. The summed E-state index contributed by atoms with van der Waals surface area (Å²) in [5, 5.41) is 0.794. The van der Waals surface area contributed by atoms with E-state index < -0.39 is 0 Å². The molecule has 1 nitrogen and oxygen atoms in total. The number of halogens is 1. The molecule has 2 rings (SSSR count). The first-order chi connectivity index (χ1) is 5.86. The molecule has 1 heterocycles. The number of hydrogen-bond acceptors (Lipinski definition) is 1. The van der Waals surface area contributed by atoms with Crippen molar-refractivity contribution in [2.75, 3.05) is 6.61 Å². The molecule has 1 aromatic carbocycles. The molecule has 1 aliphatic heterocycles. The minimum Gasteiger partial charge on any atom is -0.374 e. The van der Waals surface area contributed by atoms with Gasteiger partial charge in [-0.15, -0.1) is 0 Å². The van der Waals surface area contributed by atoms with Crippen LogP contribution in [0.4, 0.5) is 0 Å². The van der Waals surface area contributed by atoms with E-state index >= 15 is 0 Å². The van der Waals surface area contributed by atoms with E-state index in [0.29, 0.717) is 0 Å². The van der Waals surface area contributed by atoms with Crippen molar-refractivity contribution < 1.29 is 4.74 Å². The molecule has 1 atom stereocenters. The maximum atomic E-state index is 5.87.